The van der Waals surface area contributed by atoms with Gasteiger partial charge in [0.15, 0.2) is 0 Å². The van der Waals surface area contributed by atoms with Crippen LogP contribution in [0, 0.1) is 0 Å². The molecule has 1 aliphatic heterocycles. The fraction of sp³-hybridized carbons (Fsp3) is 0.381. The Balaban J connectivity index is 1.61. The number of hydrogen-bond acceptors (Lipinski definition) is 5. The highest BCUT2D eigenvalue weighted by atomic mass is 16.5. The molecule has 142 valence electrons. The van der Waals surface area contributed by atoms with Crippen LogP contribution >= 0.6 is 0 Å². The predicted molar refractivity (Wildman–Crippen MR) is 105 cm³/mol. The van der Waals surface area contributed by atoms with Crippen molar-refractivity contribution in [3.8, 4) is 0 Å². The highest BCUT2D eigenvalue weighted by Gasteiger charge is 2.13. The van der Waals surface area contributed by atoms with Crippen molar-refractivity contribution in [2.24, 2.45) is 0 Å². The largest absolute Gasteiger partial charge is 0.462 e. The summed E-state index contributed by atoms with van der Waals surface area (Å²) in [6.45, 7) is 4.13. The summed E-state index contributed by atoms with van der Waals surface area (Å²) >= 11 is 0. The van der Waals surface area contributed by atoms with E-state index in [-0.39, 0.29) is 11.9 Å². The number of nitrogens with one attached hydrogen (secondary N) is 1. The van der Waals surface area contributed by atoms with Crippen LogP contribution in [-0.2, 0) is 4.74 Å². The van der Waals surface area contributed by atoms with Gasteiger partial charge in [0.1, 0.15) is 5.82 Å². The quantitative estimate of drug-likeness (QED) is 0.812. The van der Waals surface area contributed by atoms with Crippen molar-refractivity contribution < 1.29 is 14.3 Å². The molecule has 0 atom stereocenters. The molecule has 6 heteroatoms. The molecule has 6 nitrogen and oxygen atoms in total. The van der Waals surface area contributed by atoms with Crippen molar-refractivity contribution >= 4 is 23.4 Å². The van der Waals surface area contributed by atoms with Crippen LogP contribution < -0.4 is 10.2 Å². The fourth-order valence-electron chi connectivity index (χ4n) is 3.11. The number of anilines is 2. The maximum Gasteiger partial charge on any atom is 0.338 e. The van der Waals surface area contributed by atoms with E-state index in [1.807, 2.05) is 6.07 Å². The van der Waals surface area contributed by atoms with Gasteiger partial charge in [-0.1, -0.05) is 12.8 Å². The van der Waals surface area contributed by atoms with Crippen LogP contribution in [-0.4, -0.2) is 36.6 Å². The highest BCUT2D eigenvalue weighted by molar-refractivity contribution is 6.04. The lowest BCUT2D eigenvalue weighted by atomic mass is 10.2. The van der Waals surface area contributed by atoms with Gasteiger partial charge in [-0.2, -0.15) is 0 Å². The van der Waals surface area contributed by atoms with Crippen molar-refractivity contribution in [2.75, 3.05) is 29.9 Å². The lowest BCUT2D eigenvalue weighted by Crippen LogP contribution is -2.25. The van der Waals surface area contributed by atoms with Crippen molar-refractivity contribution in [2.45, 2.75) is 32.6 Å². The predicted octanol–water partition coefficient (Wildman–Crippen LogP) is 3.89. The van der Waals surface area contributed by atoms with E-state index in [1.165, 1.54) is 25.7 Å². The molecule has 3 rings (SSSR count). The second-order valence-corrected chi connectivity index (χ2v) is 6.56. The third-order valence-electron chi connectivity index (χ3n) is 4.59. The van der Waals surface area contributed by atoms with Crippen molar-refractivity contribution in [1.82, 2.24) is 4.98 Å². The monoisotopic (exact) mass is 367 g/mol. The van der Waals surface area contributed by atoms with Gasteiger partial charge in [0.05, 0.1) is 17.7 Å². The molecule has 1 amide bonds. The highest BCUT2D eigenvalue weighted by Crippen LogP contribution is 2.18. The Morgan fingerprint density at radius 2 is 1.67 bits per heavy atom. The summed E-state index contributed by atoms with van der Waals surface area (Å²) in [6, 6.07) is 10.3. The Kier molecular flexibility index (Phi) is 6.41. The summed E-state index contributed by atoms with van der Waals surface area (Å²) in [4.78, 5) is 30.8. The number of carbonyl (C=O) groups excluding carboxylic acids is 2. The molecule has 0 bridgehead atoms. The molecule has 0 spiro atoms. The summed E-state index contributed by atoms with van der Waals surface area (Å²) in [5.41, 5.74) is 1.58. The third kappa shape index (κ3) is 5.06. The minimum Gasteiger partial charge on any atom is -0.462 e. The molecule has 1 N–H and O–H groups in total. The molecule has 1 aliphatic rings. The Morgan fingerprint density at radius 1 is 1.00 bits per heavy atom. The lowest BCUT2D eigenvalue weighted by molar-refractivity contribution is 0.0526. The number of aromatic nitrogens is 1. The Bertz CT molecular complexity index is 764. The summed E-state index contributed by atoms with van der Waals surface area (Å²) in [5, 5.41) is 2.82. The molecule has 0 aliphatic carbocycles. The molecule has 1 saturated heterocycles. The SMILES string of the molecule is CCOC(=O)c1ccc(NC(=O)c2ccc(N3CCCCCC3)nc2)cc1. The summed E-state index contributed by atoms with van der Waals surface area (Å²) in [7, 11) is 0. The molecule has 0 unspecified atom stereocenters. The van der Waals surface area contributed by atoms with Crippen molar-refractivity contribution in [3.63, 3.8) is 0 Å². The minimum absolute atomic E-state index is 0.228. The Morgan fingerprint density at radius 3 is 2.26 bits per heavy atom. The molecule has 0 radical (unpaired) electrons. The van der Waals surface area contributed by atoms with Crippen LogP contribution in [0.3, 0.4) is 0 Å². The summed E-state index contributed by atoms with van der Waals surface area (Å²) in [5.74, 6) is 0.324. The molecule has 2 heterocycles. The van der Waals surface area contributed by atoms with Crippen LogP contribution in [0.1, 0.15) is 53.3 Å². The topological polar surface area (TPSA) is 71.5 Å². The normalized spacial score (nSPS) is 14.3. The first-order valence-electron chi connectivity index (χ1n) is 9.47. The first-order valence-corrected chi connectivity index (χ1v) is 9.47. The van der Waals surface area contributed by atoms with E-state index in [0.717, 1.165) is 18.9 Å². The van der Waals surface area contributed by atoms with Gasteiger partial charge >= 0.3 is 5.97 Å². The van der Waals surface area contributed by atoms with E-state index in [9.17, 15) is 9.59 Å². The number of hydrogen-bond donors (Lipinski definition) is 1. The molecule has 0 saturated carbocycles. The van der Waals surface area contributed by atoms with E-state index in [4.69, 9.17) is 4.74 Å². The van der Waals surface area contributed by atoms with Crippen LogP contribution in [0.2, 0.25) is 0 Å². The first kappa shape index (κ1) is 18.9. The number of rotatable bonds is 5. The van der Waals surface area contributed by atoms with Gasteiger partial charge < -0.3 is 15.0 Å². The van der Waals surface area contributed by atoms with Crippen LogP contribution in [0.4, 0.5) is 11.5 Å². The number of nitrogens with zero attached hydrogens (tertiary/aromatic N) is 2. The van der Waals surface area contributed by atoms with Gasteiger partial charge in [-0.05, 0) is 56.2 Å². The van der Waals surface area contributed by atoms with Gasteiger partial charge in [0.25, 0.3) is 5.91 Å². The third-order valence-corrected chi connectivity index (χ3v) is 4.59. The molecule has 2 aromatic rings. The molecule has 1 fully saturated rings. The molecule has 1 aromatic heterocycles. The zero-order chi connectivity index (χ0) is 19.1. The van der Waals surface area contributed by atoms with Crippen molar-refractivity contribution in [3.05, 3.63) is 53.7 Å². The number of carbonyl (C=O) groups is 2. The maximum atomic E-state index is 12.4. The maximum absolute atomic E-state index is 12.4. The van der Waals surface area contributed by atoms with E-state index >= 15 is 0 Å². The number of amides is 1. The van der Waals surface area contributed by atoms with Gasteiger partial charge in [-0.15, -0.1) is 0 Å². The standard InChI is InChI=1S/C21H25N3O3/c1-2-27-21(26)16-7-10-18(11-8-16)23-20(25)17-9-12-19(22-15-17)24-13-5-3-4-6-14-24/h7-12,15H,2-6,13-14H2,1H3,(H,23,25). The number of esters is 1. The molecular weight excluding hydrogens is 342 g/mol. The number of pyridine rings is 1. The minimum atomic E-state index is -0.372. The lowest BCUT2D eigenvalue weighted by Gasteiger charge is -2.21. The molecule has 27 heavy (non-hydrogen) atoms. The van der Waals surface area contributed by atoms with E-state index < -0.39 is 0 Å². The average molecular weight is 367 g/mol. The van der Waals surface area contributed by atoms with E-state index in [1.54, 1.807) is 43.5 Å². The molecule has 1 aromatic carbocycles. The van der Waals surface area contributed by atoms with Gasteiger partial charge in [-0.25, -0.2) is 9.78 Å². The summed E-state index contributed by atoms with van der Waals surface area (Å²) < 4.78 is 4.95. The number of benzene rings is 1. The van der Waals surface area contributed by atoms with Crippen LogP contribution in [0.15, 0.2) is 42.6 Å². The fourth-order valence-corrected chi connectivity index (χ4v) is 3.11. The second-order valence-electron chi connectivity index (χ2n) is 6.56. The van der Waals surface area contributed by atoms with Gasteiger partial charge in [0.2, 0.25) is 0 Å². The first-order chi connectivity index (χ1) is 13.2. The zero-order valence-corrected chi connectivity index (χ0v) is 15.6. The van der Waals surface area contributed by atoms with Gasteiger partial charge in [-0.3, -0.25) is 4.79 Å². The van der Waals surface area contributed by atoms with Crippen LogP contribution in [0.25, 0.3) is 0 Å². The zero-order valence-electron chi connectivity index (χ0n) is 15.6. The second kappa shape index (κ2) is 9.16. The van der Waals surface area contributed by atoms with E-state index in [0.29, 0.717) is 23.4 Å². The Hall–Kier alpha value is -2.89. The number of ether oxygens (including phenoxy) is 1. The molecular formula is C21H25N3O3. The van der Waals surface area contributed by atoms with Crippen molar-refractivity contribution in [1.29, 1.82) is 0 Å². The van der Waals surface area contributed by atoms with E-state index in [2.05, 4.69) is 15.2 Å². The van der Waals surface area contributed by atoms with Gasteiger partial charge in [0, 0.05) is 25.0 Å². The average Bonchev–Trinajstić information content (AvgIpc) is 2.98. The smallest absolute Gasteiger partial charge is 0.338 e. The summed E-state index contributed by atoms with van der Waals surface area (Å²) in [6.07, 6.45) is 6.53. The van der Waals surface area contributed by atoms with Crippen LogP contribution in [0.5, 0.6) is 0 Å². The Labute approximate surface area is 159 Å².